The predicted molar refractivity (Wildman–Crippen MR) is 76.7 cm³/mol. The molecule has 1 aromatic rings. The summed E-state index contributed by atoms with van der Waals surface area (Å²) < 4.78 is 49.4. The van der Waals surface area contributed by atoms with Crippen molar-refractivity contribution in [3.8, 4) is 0 Å². The van der Waals surface area contributed by atoms with E-state index in [0.29, 0.717) is 0 Å². The van der Waals surface area contributed by atoms with Crippen LogP contribution in [0.2, 0.25) is 0 Å². The topological polar surface area (TPSA) is 32.3 Å². The molecule has 0 saturated heterocycles. The molecular weight excluding hydrogens is 358 g/mol. The number of hydrogen-bond acceptors (Lipinski definition) is 1. The van der Waals surface area contributed by atoms with Crippen LogP contribution < -0.4 is 5.09 Å². The van der Waals surface area contributed by atoms with E-state index in [9.17, 15) is 17.7 Å². The largest absolute Gasteiger partial charge is 0.416 e. The standard InChI is InChI=1S/C10H11Cl3F3N2OP/c1-18(2)20(19,10(11,12)13)17-8-5-3-4-7(6-8)9(14,15)16/h3-6H,1-2H3,(H,17,19). The highest BCUT2D eigenvalue weighted by Crippen LogP contribution is 2.65. The molecule has 0 bridgehead atoms. The second kappa shape index (κ2) is 5.93. The Labute approximate surface area is 129 Å². The molecule has 0 amide bonds. The first-order valence-corrected chi connectivity index (χ1v) is 7.97. The molecule has 10 heteroatoms. The van der Waals surface area contributed by atoms with Gasteiger partial charge in [0.25, 0.3) is 11.0 Å². The summed E-state index contributed by atoms with van der Waals surface area (Å²) in [5.74, 6) is 0. The van der Waals surface area contributed by atoms with Gasteiger partial charge in [-0.15, -0.1) is 0 Å². The number of halogens is 6. The molecule has 0 fully saturated rings. The van der Waals surface area contributed by atoms with Crippen LogP contribution in [0.4, 0.5) is 18.9 Å². The lowest BCUT2D eigenvalue weighted by molar-refractivity contribution is -0.137. The summed E-state index contributed by atoms with van der Waals surface area (Å²) in [5.41, 5.74) is -0.944. The van der Waals surface area contributed by atoms with Crippen molar-refractivity contribution in [2.75, 3.05) is 19.2 Å². The van der Waals surface area contributed by atoms with E-state index in [2.05, 4.69) is 5.09 Å². The molecule has 3 nitrogen and oxygen atoms in total. The Kier molecular flexibility index (Phi) is 5.32. The summed E-state index contributed by atoms with van der Waals surface area (Å²) in [6.45, 7) is 0. The third-order valence-corrected chi connectivity index (χ3v) is 6.81. The summed E-state index contributed by atoms with van der Waals surface area (Å²) >= 11 is 17.0. The number of nitrogens with one attached hydrogen (secondary N) is 1. The predicted octanol–water partition coefficient (Wildman–Crippen LogP) is 5.20. The Bertz CT molecular complexity index is 531. The van der Waals surface area contributed by atoms with Gasteiger partial charge in [-0.3, -0.25) is 4.57 Å². The molecule has 0 saturated carbocycles. The maximum Gasteiger partial charge on any atom is 0.416 e. The van der Waals surface area contributed by atoms with Gasteiger partial charge < -0.3 is 5.09 Å². The summed E-state index contributed by atoms with van der Waals surface area (Å²) in [4.78, 5) is 0. The zero-order valence-corrected chi connectivity index (χ0v) is 13.5. The van der Waals surface area contributed by atoms with Crippen molar-refractivity contribution < 1.29 is 17.7 Å². The van der Waals surface area contributed by atoms with Crippen molar-refractivity contribution in [2.45, 2.75) is 9.71 Å². The molecule has 0 radical (unpaired) electrons. The minimum atomic E-state index is -4.51. The van der Waals surface area contributed by atoms with Gasteiger partial charge in [-0.25, -0.2) is 4.67 Å². The SMILES string of the molecule is CN(C)P(=O)(Nc1cccc(C(F)(F)F)c1)C(Cl)(Cl)Cl. The van der Waals surface area contributed by atoms with Gasteiger partial charge in [0.1, 0.15) is 0 Å². The summed E-state index contributed by atoms with van der Waals surface area (Å²) in [7, 11) is -0.973. The second-order valence-corrected chi connectivity index (χ2v) is 10.00. The highest BCUT2D eigenvalue weighted by Gasteiger charge is 2.46. The van der Waals surface area contributed by atoms with Crippen LogP contribution in [0.1, 0.15) is 5.56 Å². The third-order valence-electron chi connectivity index (χ3n) is 2.38. The molecule has 1 unspecified atom stereocenters. The van der Waals surface area contributed by atoms with E-state index in [1.54, 1.807) is 0 Å². The Hall–Kier alpha value is -0.130. The Morgan fingerprint density at radius 2 is 1.75 bits per heavy atom. The monoisotopic (exact) mass is 368 g/mol. The zero-order chi connectivity index (χ0) is 15.8. The fraction of sp³-hybridized carbons (Fsp3) is 0.400. The maximum absolute atomic E-state index is 12.6. The number of alkyl halides is 6. The first kappa shape index (κ1) is 17.9. The van der Waals surface area contributed by atoms with Gasteiger partial charge in [0.15, 0.2) is 0 Å². The van der Waals surface area contributed by atoms with E-state index in [4.69, 9.17) is 34.8 Å². The smallest absolute Gasteiger partial charge is 0.321 e. The number of benzene rings is 1. The van der Waals surface area contributed by atoms with E-state index in [0.717, 1.165) is 16.8 Å². The molecule has 1 aromatic carbocycles. The van der Waals surface area contributed by atoms with Crippen LogP contribution in [0.5, 0.6) is 0 Å². The summed E-state index contributed by atoms with van der Waals surface area (Å²) in [6.07, 6.45) is -4.51. The van der Waals surface area contributed by atoms with Crippen molar-refractivity contribution in [3.05, 3.63) is 29.8 Å². The van der Waals surface area contributed by atoms with Gasteiger partial charge >= 0.3 is 6.18 Å². The highest BCUT2D eigenvalue weighted by atomic mass is 35.6. The minimum absolute atomic E-state index is 0.0526. The molecule has 0 aromatic heterocycles. The number of anilines is 1. The Morgan fingerprint density at radius 1 is 1.20 bits per heavy atom. The van der Waals surface area contributed by atoms with E-state index in [1.807, 2.05) is 0 Å². The van der Waals surface area contributed by atoms with E-state index < -0.39 is 22.7 Å². The third kappa shape index (κ3) is 3.95. The van der Waals surface area contributed by atoms with Crippen LogP contribution in [0, 0.1) is 0 Å². The lowest BCUT2D eigenvalue weighted by Gasteiger charge is -2.31. The molecule has 1 N–H and O–H groups in total. The fourth-order valence-corrected chi connectivity index (χ4v) is 4.34. The molecular formula is C10H11Cl3F3N2OP. The van der Waals surface area contributed by atoms with Gasteiger partial charge in [0.05, 0.1) is 5.56 Å². The van der Waals surface area contributed by atoms with Crippen molar-refractivity contribution >= 4 is 47.9 Å². The van der Waals surface area contributed by atoms with Crippen LogP contribution in [-0.4, -0.2) is 22.3 Å². The van der Waals surface area contributed by atoms with Gasteiger partial charge in [0, 0.05) is 5.69 Å². The Balaban J connectivity index is 3.18. The van der Waals surface area contributed by atoms with Crippen molar-refractivity contribution in [1.82, 2.24) is 4.67 Å². The summed E-state index contributed by atoms with van der Waals surface area (Å²) in [6, 6.07) is 4.17. The highest BCUT2D eigenvalue weighted by molar-refractivity contribution is 7.70. The fourth-order valence-electron chi connectivity index (χ4n) is 1.33. The molecule has 0 aliphatic heterocycles. The molecule has 1 rings (SSSR count). The van der Waals surface area contributed by atoms with E-state index in [-0.39, 0.29) is 5.69 Å². The van der Waals surface area contributed by atoms with Gasteiger partial charge in [-0.05, 0) is 32.3 Å². The first-order chi connectivity index (χ1) is 8.88. The van der Waals surface area contributed by atoms with Crippen molar-refractivity contribution in [2.24, 2.45) is 0 Å². The van der Waals surface area contributed by atoms with Gasteiger partial charge in [0.2, 0.25) is 0 Å². The van der Waals surface area contributed by atoms with Gasteiger partial charge in [-0.2, -0.15) is 13.2 Å². The van der Waals surface area contributed by atoms with Crippen LogP contribution in [0.3, 0.4) is 0 Å². The van der Waals surface area contributed by atoms with Crippen LogP contribution in [0.25, 0.3) is 0 Å². The van der Waals surface area contributed by atoms with Crippen LogP contribution in [-0.2, 0) is 10.7 Å². The van der Waals surface area contributed by atoms with Crippen molar-refractivity contribution in [3.63, 3.8) is 0 Å². The second-order valence-electron chi connectivity index (χ2n) is 4.08. The average Bonchev–Trinajstić information content (AvgIpc) is 2.26. The van der Waals surface area contributed by atoms with E-state index in [1.165, 1.54) is 26.2 Å². The summed E-state index contributed by atoms with van der Waals surface area (Å²) in [5, 5.41) is 2.39. The maximum atomic E-state index is 12.6. The van der Waals surface area contributed by atoms with Crippen LogP contribution >= 0.6 is 42.2 Å². The Morgan fingerprint density at radius 3 is 2.15 bits per heavy atom. The minimum Gasteiger partial charge on any atom is -0.321 e. The first-order valence-electron chi connectivity index (χ1n) is 5.18. The lowest BCUT2D eigenvalue weighted by atomic mass is 10.2. The zero-order valence-electron chi connectivity index (χ0n) is 10.4. The molecule has 114 valence electrons. The average molecular weight is 370 g/mol. The normalized spacial score (nSPS) is 16.1. The lowest BCUT2D eigenvalue weighted by Crippen LogP contribution is -2.24. The quantitative estimate of drug-likeness (QED) is 0.587. The molecule has 0 spiro atoms. The number of nitrogens with zero attached hydrogens (tertiary/aromatic N) is 1. The molecule has 1 atom stereocenters. The number of rotatable bonds is 3. The molecule has 0 heterocycles. The molecule has 0 aliphatic rings. The van der Waals surface area contributed by atoms with Gasteiger partial charge in [-0.1, -0.05) is 40.9 Å². The van der Waals surface area contributed by atoms with Crippen molar-refractivity contribution in [1.29, 1.82) is 0 Å². The molecule has 0 aliphatic carbocycles. The van der Waals surface area contributed by atoms with E-state index >= 15 is 0 Å². The number of hydrogen-bond donors (Lipinski definition) is 1. The molecule has 20 heavy (non-hydrogen) atoms. The van der Waals surface area contributed by atoms with Crippen LogP contribution in [0.15, 0.2) is 24.3 Å².